The van der Waals surface area contributed by atoms with Crippen molar-refractivity contribution in [2.24, 2.45) is 0 Å². The van der Waals surface area contributed by atoms with Gasteiger partial charge in [0.2, 0.25) is 5.95 Å². The number of aryl methyl sites for hydroxylation is 4. The summed E-state index contributed by atoms with van der Waals surface area (Å²) in [4.78, 5) is 13.9. The van der Waals surface area contributed by atoms with Gasteiger partial charge in [0.15, 0.2) is 0 Å². The van der Waals surface area contributed by atoms with Crippen LogP contribution in [0.4, 0.5) is 17.6 Å². The Bertz CT molecular complexity index is 1390. The van der Waals surface area contributed by atoms with Crippen molar-refractivity contribution < 1.29 is 0 Å². The minimum atomic E-state index is 0.437. The molecule has 0 bridgehead atoms. The second-order valence-electron chi connectivity index (χ2n) is 8.39. The number of aromatic nitrogens is 3. The molecule has 0 aliphatic heterocycles. The van der Waals surface area contributed by atoms with Crippen LogP contribution in [-0.2, 0) is 0 Å². The summed E-state index contributed by atoms with van der Waals surface area (Å²) in [5.41, 5.74) is 18.2. The van der Waals surface area contributed by atoms with Crippen molar-refractivity contribution in [1.29, 1.82) is 0 Å². The van der Waals surface area contributed by atoms with E-state index in [-0.39, 0.29) is 0 Å². The van der Waals surface area contributed by atoms with Gasteiger partial charge in [0.05, 0.1) is 5.52 Å². The monoisotopic (exact) mass is 435 g/mol. The molecule has 0 atom stereocenters. The zero-order chi connectivity index (χ0) is 23.5. The first-order valence-electron chi connectivity index (χ1n) is 11.2. The molecule has 4 aromatic rings. The Kier molecular flexibility index (Phi) is 6.25. The van der Waals surface area contributed by atoms with E-state index in [2.05, 4.69) is 66.1 Å². The van der Waals surface area contributed by atoms with Crippen molar-refractivity contribution in [1.82, 2.24) is 15.0 Å². The van der Waals surface area contributed by atoms with Gasteiger partial charge in [-0.05, 0) is 85.7 Å². The molecule has 0 unspecified atom stereocenters. The summed E-state index contributed by atoms with van der Waals surface area (Å²) in [6.45, 7) is 10.4. The van der Waals surface area contributed by atoms with Crippen LogP contribution >= 0.6 is 0 Å². The third-order valence-electron chi connectivity index (χ3n) is 5.60. The number of hydrogen-bond donors (Lipinski definition) is 2. The molecule has 2 heterocycles. The summed E-state index contributed by atoms with van der Waals surface area (Å²) in [6.07, 6.45) is 6.85. The smallest absolute Gasteiger partial charge is 0.230 e. The molecule has 0 saturated heterocycles. The molecule has 0 spiro atoms. The molecule has 3 N–H and O–H groups in total. The predicted octanol–water partition coefficient (Wildman–Crippen LogP) is 6.83. The van der Waals surface area contributed by atoms with Crippen molar-refractivity contribution in [3.8, 4) is 11.1 Å². The van der Waals surface area contributed by atoms with Gasteiger partial charge in [-0.25, -0.2) is 9.97 Å². The Hall–Kier alpha value is -3.95. The van der Waals surface area contributed by atoms with E-state index in [0.717, 1.165) is 51.0 Å². The molecule has 0 amide bonds. The van der Waals surface area contributed by atoms with Crippen molar-refractivity contribution in [3.05, 3.63) is 82.2 Å². The Morgan fingerprint density at radius 3 is 2.45 bits per heavy atom. The fourth-order valence-corrected chi connectivity index (χ4v) is 4.16. The van der Waals surface area contributed by atoms with E-state index in [0.29, 0.717) is 11.8 Å². The SMILES string of the molecule is CCC=C=Cc1cc(C)c(-c2cccc3c(N)nc(Nc4ncc(C)cc4C)nc23)c(C)c1. The fraction of sp³-hybridized carbons (Fsp3) is 0.214. The molecule has 2 aromatic carbocycles. The molecular weight excluding hydrogens is 406 g/mol. The molecule has 0 aliphatic carbocycles. The van der Waals surface area contributed by atoms with E-state index in [1.165, 1.54) is 11.1 Å². The molecule has 5 heteroatoms. The van der Waals surface area contributed by atoms with Crippen molar-refractivity contribution in [3.63, 3.8) is 0 Å². The van der Waals surface area contributed by atoms with E-state index in [4.69, 9.17) is 10.7 Å². The summed E-state index contributed by atoms with van der Waals surface area (Å²) >= 11 is 0. The largest absolute Gasteiger partial charge is 0.383 e. The van der Waals surface area contributed by atoms with Crippen LogP contribution in [0.15, 0.2) is 54.4 Å². The number of para-hydroxylation sites is 1. The second kappa shape index (κ2) is 9.27. The van der Waals surface area contributed by atoms with E-state index >= 15 is 0 Å². The standard InChI is InChI=1S/C28H29N5/c1-6-7-8-10-21-14-18(3)24(19(4)15-21)22-11-9-12-23-25(22)31-28(32-26(23)29)33-27-20(5)13-17(2)16-30-27/h7,9-16H,6H2,1-5H3,(H3,29,30,31,32,33). The Labute approximate surface area is 195 Å². The van der Waals surface area contributed by atoms with Gasteiger partial charge in [0.25, 0.3) is 0 Å². The quantitative estimate of drug-likeness (QED) is 0.336. The number of hydrogen-bond acceptors (Lipinski definition) is 5. The maximum atomic E-state index is 6.36. The number of nitrogen functional groups attached to an aromatic ring is 1. The number of rotatable bonds is 5. The molecule has 0 radical (unpaired) electrons. The van der Waals surface area contributed by atoms with Gasteiger partial charge >= 0.3 is 0 Å². The van der Waals surface area contributed by atoms with E-state index in [1.807, 2.05) is 44.3 Å². The molecule has 166 valence electrons. The molecule has 33 heavy (non-hydrogen) atoms. The van der Waals surface area contributed by atoms with Gasteiger partial charge in [-0.2, -0.15) is 4.98 Å². The van der Waals surface area contributed by atoms with Crippen LogP contribution in [0.2, 0.25) is 0 Å². The first-order valence-corrected chi connectivity index (χ1v) is 11.2. The van der Waals surface area contributed by atoms with Gasteiger partial charge in [0, 0.05) is 17.1 Å². The zero-order valence-electron chi connectivity index (χ0n) is 19.8. The van der Waals surface area contributed by atoms with Crippen molar-refractivity contribution in [2.75, 3.05) is 11.1 Å². The average molecular weight is 436 g/mol. The number of nitrogens with zero attached hydrogens (tertiary/aromatic N) is 3. The highest BCUT2D eigenvalue weighted by molar-refractivity contribution is 6.00. The summed E-state index contributed by atoms with van der Waals surface area (Å²) in [5.74, 6) is 1.60. The number of benzene rings is 2. The maximum Gasteiger partial charge on any atom is 0.230 e. The first-order chi connectivity index (χ1) is 15.9. The van der Waals surface area contributed by atoms with Crippen LogP contribution in [0.3, 0.4) is 0 Å². The highest BCUT2D eigenvalue weighted by Crippen LogP contribution is 2.35. The first kappa shape index (κ1) is 22.3. The molecule has 4 rings (SSSR count). The predicted molar refractivity (Wildman–Crippen MR) is 139 cm³/mol. The average Bonchev–Trinajstić information content (AvgIpc) is 2.76. The summed E-state index contributed by atoms with van der Waals surface area (Å²) < 4.78 is 0. The Morgan fingerprint density at radius 1 is 1.00 bits per heavy atom. The number of pyridine rings is 1. The molecule has 0 aliphatic rings. The van der Waals surface area contributed by atoms with E-state index in [9.17, 15) is 0 Å². The summed E-state index contributed by atoms with van der Waals surface area (Å²) in [6, 6.07) is 12.5. The van der Waals surface area contributed by atoms with Crippen LogP contribution in [0, 0.1) is 27.7 Å². The van der Waals surface area contributed by atoms with Gasteiger partial charge in [-0.15, -0.1) is 5.73 Å². The molecule has 0 fully saturated rings. The number of fused-ring (bicyclic) bond motifs is 1. The van der Waals surface area contributed by atoms with Gasteiger partial charge in [-0.3, -0.25) is 0 Å². The molecule has 2 aromatic heterocycles. The zero-order valence-corrected chi connectivity index (χ0v) is 19.8. The molecule has 0 saturated carbocycles. The number of nitrogens with two attached hydrogens (primary N) is 1. The molecular formula is C28H29N5. The van der Waals surface area contributed by atoms with Crippen LogP contribution in [-0.4, -0.2) is 15.0 Å². The van der Waals surface area contributed by atoms with Crippen molar-refractivity contribution >= 4 is 34.6 Å². The van der Waals surface area contributed by atoms with Gasteiger partial charge in [-0.1, -0.05) is 37.3 Å². The number of allylic oxidation sites excluding steroid dienone is 1. The van der Waals surface area contributed by atoms with Crippen LogP contribution in [0.5, 0.6) is 0 Å². The number of anilines is 3. The van der Waals surface area contributed by atoms with E-state index in [1.54, 1.807) is 0 Å². The van der Waals surface area contributed by atoms with Crippen LogP contribution < -0.4 is 11.1 Å². The van der Waals surface area contributed by atoms with Gasteiger partial charge in [0.1, 0.15) is 11.6 Å². The lowest BCUT2D eigenvalue weighted by Gasteiger charge is -2.15. The number of nitrogens with one attached hydrogen (secondary N) is 1. The lowest BCUT2D eigenvalue weighted by Crippen LogP contribution is -2.05. The third kappa shape index (κ3) is 4.64. The summed E-state index contributed by atoms with van der Waals surface area (Å²) in [7, 11) is 0. The highest BCUT2D eigenvalue weighted by Gasteiger charge is 2.15. The fourth-order valence-electron chi connectivity index (χ4n) is 4.16. The lowest BCUT2D eigenvalue weighted by molar-refractivity contribution is 1.16. The normalized spacial score (nSPS) is 10.7. The minimum Gasteiger partial charge on any atom is -0.383 e. The Balaban J connectivity index is 1.84. The highest BCUT2D eigenvalue weighted by atomic mass is 15.2. The van der Waals surface area contributed by atoms with Gasteiger partial charge < -0.3 is 11.1 Å². The minimum absolute atomic E-state index is 0.437. The Morgan fingerprint density at radius 2 is 1.76 bits per heavy atom. The summed E-state index contributed by atoms with van der Waals surface area (Å²) in [5, 5.41) is 4.08. The van der Waals surface area contributed by atoms with Crippen molar-refractivity contribution in [2.45, 2.75) is 41.0 Å². The van der Waals surface area contributed by atoms with E-state index < -0.39 is 0 Å². The topological polar surface area (TPSA) is 76.7 Å². The lowest BCUT2D eigenvalue weighted by atomic mass is 9.92. The molecule has 5 nitrogen and oxygen atoms in total. The van der Waals surface area contributed by atoms with Crippen LogP contribution in [0.1, 0.15) is 41.2 Å². The van der Waals surface area contributed by atoms with Crippen LogP contribution in [0.25, 0.3) is 28.1 Å². The third-order valence-corrected chi connectivity index (χ3v) is 5.60. The second-order valence-corrected chi connectivity index (χ2v) is 8.39. The maximum absolute atomic E-state index is 6.36.